The molecule has 0 saturated heterocycles. The van der Waals surface area contributed by atoms with E-state index in [-0.39, 0.29) is 17.7 Å². The van der Waals surface area contributed by atoms with E-state index in [9.17, 15) is 9.90 Å². The first-order valence-electron chi connectivity index (χ1n) is 10.5. The van der Waals surface area contributed by atoms with Crippen LogP contribution in [0.4, 0.5) is 0 Å². The molecule has 3 aromatic carbocycles. The van der Waals surface area contributed by atoms with E-state index in [1.807, 2.05) is 54.6 Å². The van der Waals surface area contributed by atoms with Crippen LogP contribution in [0.25, 0.3) is 5.57 Å². The van der Waals surface area contributed by atoms with Gasteiger partial charge in [0.1, 0.15) is 5.75 Å². The molecule has 1 amide bonds. The minimum atomic E-state index is -0.388. The van der Waals surface area contributed by atoms with E-state index >= 15 is 0 Å². The van der Waals surface area contributed by atoms with Gasteiger partial charge < -0.3 is 14.7 Å². The topological polar surface area (TPSA) is 49.8 Å². The molecule has 4 rings (SSSR count). The number of hydrogen-bond acceptors (Lipinski definition) is 3. The highest BCUT2D eigenvalue weighted by molar-refractivity contribution is 6.05. The maximum Gasteiger partial charge on any atom is 0.290 e. The molecule has 158 valence electrons. The smallest absolute Gasteiger partial charge is 0.290 e. The lowest BCUT2D eigenvalue weighted by Gasteiger charge is -2.28. The lowest BCUT2D eigenvalue weighted by Crippen LogP contribution is -2.30. The Morgan fingerprint density at radius 2 is 1.58 bits per heavy atom. The van der Waals surface area contributed by atoms with E-state index in [0.717, 1.165) is 22.4 Å². The quantitative estimate of drug-likeness (QED) is 0.550. The molecule has 0 unspecified atom stereocenters. The van der Waals surface area contributed by atoms with Crippen LogP contribution in [0.2, 0.25) is 0 Å². The fourth-order valence-corrected chi connectivity index (χ4v) is 4.16. The van der Waals surface area contributed by atoms with Crippen molar-refractivity contribution in [1.29, 1.82) is 0 Å². The van der Waals surface area contributed by atoms with Gasteiger partial charge in [0.15, 0.2) is 5.76 Å². The third-order valence-electron chi connectivity index (χ3n) is 5.84. The van der Waals surface area contributed by atoms with Crippen LogP contribution in [0.1, 0.15) is 48.1 Å². The number of nitrogens with zero attached hydrogens (tertiary/aromatic N) is 1. The van der Waals surface area contributed by atoms with E-state index in [1.165, 1.54) is 5.56 Å². The molecule has 0 aliphatic carbocycles. The highest BCUT2D eigenvalue weighted by Crippen LogP contribution is 2.44. The van der Waals surface area contributed by atoms with E-state index < -0.39 is 0 Å². The fraction of sp³-hybridized carbons (Fsp3) is 0.222. The van der Waals surface area contributed by atoms with Crippen LogP contribution < -0.4 is 4.74 Å². The molecule has 4 nitrogen and oxygen atoms in total. The summed E-state index contributed by atoms with van der Waals surface area (Å²) in [5.74, 6) is 0.570. The van der Waals surface area contributed by atoms with Gasteiger partial charge in [0, 0.05) is 11.1 Å². The first kappa shape index (κ1) is 20.7. The van der Waals surface area contributed by atoms with Crippen LogP contribution in [0.3, 0.4) is 0 Å². The van der Waals surface area contributed by atoms with Crippen LogP contribution in [0, 0.1) is 0 Å². The second-order valence-electron chi connectivity index (χ2n) is 8.10. The molecule has 1 aliphatic rings. The number of amides is 1. The Hall–Kier alpha value is -3.53. The van der Waals surface area contributed by atoms with Crippen molar-refractivity contribution < 1.29 is 14.6 Å². The number of aliphatic hydroxyl groups excluding tert-OH is 1. The zero-order chi connectivity index (χ0) is 22.0. The molecule has 4 heteroatoms. The Morgan fingerprint density at radius 1 is 0.935 bits per heavy atom. The Bertz CT molecular complexity index is 1100. The van der Waals surface area contributed by atoms with Gasteiger partial charge in [-0.05, 0) is 28.7 Å². The lowest BCUT2D eigenvalue weighted by atomic mass is 9.91. The molecule has 0 spiro atoms. The molecular weight excluding hydrogens is 386 g/mol. The van der Waals surface area contributed by atoms with Crippen molar-refractivity contribution in [2.24, 2.45) is 0 Å². The predicted octanol–water partition coefficient (Wildman–Crippen LogP) is 5.87. The average molecular weight is 414 g/mol. The highest BCUT2D eigenvalue weighted by Gasteiger charge is 2.41. The monoisotopic (exact) mass is 413 g/mol. The Labute approximate surface area is 183 Å². The Kier molecular flexibility index (Phi) is 5.81. The van der Waals surface area contributed by atoms with E-state index in [0.29, 0.717) is 18.0 Å². The number of ether oxygens (including phenoxy) is 1. The second kappa shape index (κ2) is 8.68. The fourth-order valence-electron chi connectivity index (χ4n) is 4.16. The SMILES string of the molecule is COc1ccccc1CN1C(=O)C(O)=C(c2ccccc2)[C@H]1c1ccc(C(C)C)cc1. The van der Waals surface area contributed by atoms with Crippen molar-refractivity contribution in [1.82, 2.24) is 4.90 Å². The van der Waals surface area contributed by atoms with Gasteiger partial charge in [-0.1, -0.05) is 86.6 Å². The number of benzene rings is 3. The summed E-state index contributed by atoms with van der Waals surface area (Å²) >= 11 is 0. The molecule has 0 aromatic heterocycles. The van der Waals surface area contributed by atoms with Crippen LogP contribution in [0.15, 0.2) is 84.6 Å². The van der Waals surface area contributed by atoms with Crippen LogP contribution >= 0.6 is 0 Å². The van der Waals surface area contributed by atoms with Crippen molar-refractivity contribution in [2.45, 2.75) is 32.4 Å². The number of carbonyl (C=O) groups excluding carboxylic acids is 1. The van der Waals surface area contributed by atoms with Crippen LogP contribution in [0.5, 0.6) is 5.75 Å². The summed E-state index contributed by atoms with van der Waals surface area (Å²) in [5, 5.41) is 10.9. The largest absolute Gasteiger partial charge is 0.503 e. The summed E-state index contributed by atoms with van der Waals surface area (Å²) in [6, 6.07) is 25.2. The third kappa shape index (κ3) is 3.93. The summed E-state index contributed by atoms with van der Waals surface area (Å²) in [5.41, 5.74) is 4.57. The summed E-state index contributed by atoms with van der Waals surface area (Å²) in [4.78, 5) is 15.0. The number of carbonyl (C=O) groups is 1. The Morgan fingerprint density at radius 3 is 2.23 bits per heavy atom. The zero-order valence-corrected chi connectivity index (χ0v) is 18.1. The minimum absolute atomic E-state index is 0.195. The summed E-state index contributed by atoms with van der Waals surface area (Å²) < 4.78 is 5.50. The van der Waals surface area contributed by atoms with Crippen LogP contribution in [-0.2, 0) is 11.3 Å². The number of methoxy groups -OCH3 is 1. The highest BCUT2D eigenvalue weighted by atomic mass is 16.5. The van der Waals surface area contributed by atoms with Gasteiger partial charge in [-0.25, -0.2) is 0 Å². The number of rotatable bonds is 6. The van der Waals surface area contributed by atoms with E-state index in [2.05, 4.69) is 38.1 Å². The molecule has 0 bridgehead atoms. The summed E-state index contributed by atoms with van der Waals surface area (Å²) in [7, 11) is 1.62. The average Bonchev–Trinajstić information content (AvgIpc) is 3.05. The molecule has 1 aliphatic heterocycles. The van der Waals surface area contributed by atoms with Gasteiger partial charge in [-0.2, -0.15) is 0 Å². The van der Waals surface area contributed by atoms with Crippen molar-refractivity contribution in [2.75, 3.05) is 7.11 Å². The number of aliphatic hydroxyl groups is 1. The molecule has 3 aromatic rings. The van der Waals surface area contributed by atoms with Crippen molar-refractivity contribution in [3.63, 3.8) is 0 Å². The predicted molar refractivity (Wildman–Crippen MR) is 123 cm³/mol. The van der Waals surface area contributed by atoms with Gasteiger partial charge in [0.05, 0.1) is 19.7 Å². The molecule has 0 fully saturated rings. The zero-order valence-electron chi connectivity index (χ0n) is 18.1. The summed E-state index contributed by atoms with van der Waals surface area (Å²) in [6.07, 6.45) is 0. The Balaban J connectivity index is 1.81. The number of para-hydroxylation sites is 1. The molecule has 0 saturated carbocycles. The molecule has 1 heterocycles. The van der Waals surface area contributed by atoms with Gasteiger partial charge >= 0.3 is 0 Å². The van der Waals surface area contributed by atoms with Gasteiger partial charge in [0.2, 0.25) is 0 Å². The maximum atomic E-state index is 13.2. The molecule has 1 atom stereocenters. The van der Waals surface area contributed by atoms with Gasteiger partial charge in [0.25, 0.3) is 5.91 Å². The second-order valence-corrected chi connectivity index (χ2v) is 8.10. The van der Waals surface area contributed by atoms with Crippen molar-refractivity contribution >= 4 is 11.5 Å². The number of hydrogen-bond donors (Lipinski definition) is 1. The van der Waals surface area contributed by atoms with E-state index in [4.69, 9.17) is 4.74 Å². The van der Waals surface area contributed by atoms with Crippen molar-refractivity contribution in [3.8, 4) is 5.75 Å². The standard InChI is InChI=1S/C27H27NO3/c1-18(2)19-13-15-21(16-14-19)25-24(20-9-5-4-6-10-20)26(29)27(30)28(25)17-22-11-7-8-12-23(22)31-3/h4-16,18,25,29H,17H2,1-3H3/t25-/m1/s1. The van der Waals surface area contributed by atoms with Crippen LogP contribution in [-0.4, -0.2) is 23.0 Å². The van der Waals surface area contributed by atoms with E-state index in [1.54, 1.807) is 12.0 Å². The molecule has 1 N–H and O–H groups in total. The maximum absolute atomic E-state index is 13.2. The normalized spacial score (nSPS) is 16.3. The first-order valence-corrected chi connectivity index (χ1v) is 10.5. The van der Waals surface area contributed by atoms with Crippen molar-refractivity contribution in [3.05, 3.63) is 107 Å². The third-order valence-corrected chi connectivity index (χ3v) is 5.84. The summed E-state index contributed by atoms with van der Waals surface area (Å²) in [6.45, 7) is 4.65. The first-order chi connectivity index (χ1) is 15.0. The molecule has 0 radical (unpaired) electrons. The minimum Gasteiger partial charge on any atom is -0.503 e. The molecular formula is C27H27NO3. The lowest BCUT2D eigenvalue weighted by molar-refractivity contribution is -0.130. The molecule has 31 heavy (non-hydrogen) atoms. The van der Waals surface area contributed by atoms with Gasteiger partial charge in [-0.3, -0.25) is 4.79 Å². The van der Waals surface area contributed by atoms with Gasteiger partial charge in [-0.15, -0.1) is 0 Å².